The van der Waals surface area contributed by atoms with Crippen LogP contribution in [0.2, 0.25) is 0 Å². The minimum Gasteiger partial charge on any atom is -0.487 e. The van der Waals surface area contributed by atoms with E-state index in [4.69, 9.17) is 14.2 Å². The van der Waals surface area contributed by atoms with Crippen molar-refractivity contribution in [3.8, 4) is 17.2 Å². The molecule has 0 saturated carbocycles. The molecule has 0 unspecified atom stereocenters. The average molecular weight is 245 g/mol. The number of ether oxygens (including phenoxy) is 3. The predicted molar refractivity (Wildman–Crippen MR) is 56.8 cm³/mol. The Morgan fingerprint density at radius 1 is 1.35 bits per heavy atom. The summed E-state index contributed by atoms with van der Waals surface area (Å²) in [4.78, 5) is 0. The Morgan fingerprint density at radius 3 is 2.71 bits per heavy atom. The van der Waals surface area contributed by atoms with Crippen molar-refractivity contribution in [1.82, 2.24) is 5.32 Å². The van der Waals surface area contributed by atoms with Crippen LogP contribution >= 0.6 is 0 Å². The maximum absolute atomic E-state index is 12.1. The molecule has 0 bridgehead atoms. The van der Waals surface area contributed by atoms with Gasteiger partial charge in [-0.25, -0.2) is 8.78 Å². The van der Waals surface area contributed by atoms with Crippen molar-refractivity contribution in [2.24, 2.45) is 0 Å². The molecule has 1 heterocycles. The summed E-state index contributed by atoms with van der Waals surface area (Å²) >= 11 is 0. The van der Waals surface area contributed by atoms with Crippen molar-refractivity contribution < 1.29 is 23.0 Å². The summed E-state index contributed by atoms with van der Waals surface area (Å²) in [6.07, 6.45) is -2.50. The molecular weight excluding hydrogens is 232 g/mol. The number of halogens is 2. The van der Waals surface area contributed by atoms with Crippen LogP contribution in [0.15, 0.2) is 12.1 Å². The highest BCUT2D eigenvalue weighted by Gasteiger charge is 2.18. The molecule has 0 saturated heterocycles. The minimum absolute atomic E-state index is 0.145. The topological polar surface area (TPSA) is 39.7 Å². The van der Waals surface area contributed by atoms with Crippen LogP contribution in [-0.2, 0) is 6.54 Å². The van der Waals surface area contributed by atoms with Gasteiger partial charge in [-0.1, -0.05) is 0 Å². The summed E-state index contributed by atoms with van der Waals surface area (Å²) in [5, 5.41) is 2.94. The summed E-state index contributed by atoms with van der Waals surface area (Å²) in [6.45, 7) is 0.0260. The number of alkyl halides is 2. The lowest BCUT2D eigenvalue weighted by Crippen LogP contribution is -2.11. The highest BCUT2D eigenvalue weighted by molar-refractivity contribution is 5.51. The van der Waals surface area contributed by atoms with Crippen LogP contribution in [0.4, 0.5) is 8.78 Å². The number of hydrogen-bond acceptors (Lipinski definition) is 4. The van der Waals surface area contributed by atoms with Gasteiger partial charge in [-0.3, -0.25) is 0 Å². The van der Waals surface area contributed by atoms with Crippen molar-refractivity contribution in [1.29, 1.82) is 0 Å². The second-order valence-corrected chi connectivity index (χ2v) is 3.55. The van der Waals surface area contributed by atoms with Crippen LogP contribution in [0.5, 0.6) is 17.2 Å². The van der Waals surface area contributed by atoms with E-state index in [0.29, 0.717) is 23.8 Å². The zero-order valence-corrected chi connectivity index (χ0v) is 9.33. The SMILES string of the molecule is CNCc1cc2c(cc1OCC(F)F)OCO2. The van der Waals surface area contributed by atoms with Crippen molar-refractivity contribution in [2.75, 3.05) is 20.4 Å². The lowest BCUT2D eigenvalue weighted by Gasteiger charge is -2.12. The largest absolute Gasteiger partial charge is 0.487 e. The first-order valence-electron chi connectivity index (χ1n) is 5.18. The molecule has 1 aromatic carbocycles. The first-order chi connectivity index (χ1) is 8.20. The van der Waals surface area contributed by atoms with Crippen molar-refractivity contribution in [2.45, 2.75) is 13.0 Å². The van der Waals surface area contributed by atoms with Crippen LogP contribution in [0.3, 0.4) is 0 Å². The smallest absolute Gasteiger partial charge is 0.272 e. The van der Waals surface area contributed by atoms with Gasteiger partial charge in [0.05, 0.1) is 0 Å². The lowest BCUT2D eigenvalue weighted by atomic mass is 10.1. The van der Waals surface area contributed by atoms with E-state index < -0.39 is 13.0 Å². The number of hydrogen-bond donors (Lipinski definition) is 1. The van der Waals surface area contributed by atoms with E-state index in [2.05, 4.69) is 5.32 Å². The van der Waals surface area contributed by atoms with E-state index >= 15 is 0 Å². The molecule has 0 atom stereocenters. The highest BCUT2D eigenvalue weighted by atomic mass is 19.3. The van der Waals surface area contributed by atoms with E-state index in [-0.39, 0.29) is 6.79 Å². The Balaban J connectivity index is 2.21. The van der Waals surface area contributed by atoms with Gasteiger partial charge in [-0.05, 0) is 13.1 Å². The zero-order valence-electron chi connectivity index (χ0n) is 9.33. The maximum atomic E-state index is 12.1. The summed E-state index contributed by atoms with van der Waals surface area (Å²) in [5.74, 6) is 1.53. The van der Waals surface area contributed by atoms with Gasteiger partial charge >= 0.3 is 0 Å². The lowest BCUT2D eigenvalue weighted by molar-refractivity contribution is 0.0812. The molecule has 1 aliphatic heterocycles. The Morgan fingerprint density at radius 2 is 2.06 bits per heavy atom. The molecule has 0 amide bonds. The minimum atomic E-state index is -2.50. The van der Waals surface area contributed by atoms with Crippen LogP contribution in [0.25, 0.3) is 0 Å². The molecule has 0 aliphatic carbocycles. The summed E-state index contributed by atoms with van der Waals surface area (Å²) in [5.41, 5.74) is 0.761. The molecule has 2 rings (SSSR count). The van der Waals surface area contributed by atoms with E-state index in [9.17, 15) is 8.78 Å². The number of benzene rings is 1. The standard InChI is InChI=1S/C11H13F2NO3/c1-14-4-7-2-9-10(17-6-16-9)3-8(7)15-5-11(12)13/h2-3,11,14H,4-6H2,1H3. The van der Waals surface area contributed by atoms with Crippen molar-refractivity contribution >= 4 is 0 Å². The maximum Gasteiger partial charge on any atom is 0.272 e. The fourth-order valence-corrected chi connectivity index (χ4v) is 1.58. The van der Waals surface area contributed by atoms with Crippen LogP contribution in [0.1, 0.15) is 5.56 Å². The van der Waals surface area contributed by atoms with E-state index in [1.54, 1.807) is 19.2 Å². The molecule has 17 heavy (non-hydrogen) atoms. The molecule has 1 N–H and O–H groups in total. The van der Waals surface area contributed by atoms with Gasteiger partial charge in [0.2, 0.25) is 6.79 Å². The average Bonchev–Trinajstić information content (AvgIpc) is 2.73. The van der Waals surface area contributed by atoms with E-state index in [1.165, 1.54) is 0 Å². The third kappa shape index (κ3) is 2.76. The van der Waals surface area contributed by atoms with Crippen molar-refractivity contribution in [3.63, 3.8) is 0 Å². The second-order valence-electron chi connectivity index (χ2n) is 3.55. The van der Waals surface area contributed by atoms with E-state index in [1.807, 2.05) is 0 Å². The number of nitrogens with one attached hydrogen (secondary N) is 1. The Kier molecular flexibility index (Phi) is 3.63. The van der Waals surface area contributed by atoms with Gasteiger partial charge in [0.1, 0.15) is 12.4 Å². The third-order valence-corrected chi connectivity index (χ3v) is 2.29. The zero-order chi connectivity index (χ0) is 12.3. The second kappa shape index (κ2) is 5.18. The van der Waals surface area contributed by atoms with Crippen molar-refractivity contribution in [3.05, 3.63) is 17.7 Å². The molecule has 0 fully saturated rings. The molecular formula is C11H13F2NO3. The first kappa shape index (κ1) is 11.9. The molecule has 94 valence electrons. The normalized spacial score (nSPS) is 13.2. The first-order valence-corrected chi connectivity index (χ1v) is 5.18. The van der Waals surface area contributed by atoms with Gasteiger partial charge in [-0.15, -0.1) is 0 Å². The molecule has 0 radical (unpaired) electrons. The Bertz CT molecular complexity index is 399. The van der Waals surface area contributed by atoms with Gasteiger partial charge in [-0.2, -0.15) is 0 Å². The molecule has 4 nitrogen and oxygen atoms in total. The summed E-state index contributed by atoms with van der Waals surface area (Å²) in [6, 6.07) is 3.32. The predicted octanol–water partition coefficient (Wildman–Crippen LogP) is 1.78. The monoisotopic (exact) mass is 245 g/mol. The number of fused-ring (bicyclic) bond motifs is 1. The summed E-state index contributed by atoms with van der Waals surface area (Å²) < 4.78 is 39.7. The van der Waals surface area contributed by atoms with Crippen LogP contribution in [0, 0.1) is 0 Å². The Labute approximate surface area is 97.5 Å². The molecule has 0 aromatic heterocycles. The van der Waals surface area contributed by atoms with Gasteiger partial charge in [0.15, 0.2) is 11.5 Å². The molecule has 1 aromatic rings. The van der Waals surface area contributed by atoms with Crippen LogP contribution < -0.4 is 19.5 Å². The third-order valence-electron chi connectivity index (χ3n) is 2.29. The Hall–Kier alpha value is -1.56. The molecule has 1 aliphatic rings. The fraction of sp³-hybridized carbons (Fsp3) is 0.455. The van der Waals surface area contributed by atoms with Gasteiger partial charge in [0, 0.05) is 18.2 Å². The van der Waals surface area contributed by atoms with Gasteiger partial charge in [0.25, 0.3) is 6.43 Å². The molecule has 6 heteroatoms. The van der Waals surface area contributed by atoms with Gasteiger partial charge < -0.3 is 19.5 Å². The summed E-state index contributed by atoms with van der Waals surface area (Å²) in [7, 11) is 1.77. The van der Waals surface area contributed by atoms with E-state index in [0.717, 1.165) is 5.56 Å². The van der Waals surface area contributed by atoms with Crippen LogP contribution in [-0.4, -0.2) is 26.9 Å². The number of rotatable bonds is 5. The highest BCUT2D eigenvalue weighted by Crippen LogP contribution is 2.38. The quantitative estimate of drug-likeness (QED) is 0.858. The fourth-order valence-electron chi connectivity index (χ4n) is 1.58. The molecule has 0 spiro atoms.